The number of hydrogen-bond acceptors (Lipinski definition) is 6. The normalized spacial score (nSPS) is 11.4. The highest BCUT2D eigenvalue weighted by atomic mass is 16.6. The SMILES string of the molecule is COc1ccc(OC)c(-c2nn(-c3ccccc3)cc2/C=N\NC(=O)OC(C)(C)C)c1. The molecule has 0 atom stereocenters. The van der Waals surface area contributed by atoms with E-state index in [2.05, 4.69) is 10.5 Å². The lowest BCUT2D eigenvalue weighted by molar-refractivity contribution is 0.0529. The maximum absolute atomic E-state index is 11.9. The first-order valence-corrected chi connectivity index (χ1v) is 9.70. The van der Waals surface area contributed by atoms with Crippen LogP contribution in [0.15, 0.2) is 59.8 Å². The lowest BCUT2D eigenvalue weighted by atomic mass is 10.1. The van der Waals surface area contributed by atoms with Crippen LogP contribution >= 0.6 is 0 Å². The van der Waals surface area contributed by atoms with Crippen molar-refractivity contribution in [1.29, 1.82) is 0 Å². The number of methoxy groups -OCH3 is 2. The largest absolute Gasteiger partial charge is 0.497 e. The maximum atomic E-state index is 11.9. The zero-order chi connectivity index (χ0) is 22.4. The molecule has 1 N–H and O–H groups in total. The number of hydrazone groups is 1. The average molecular weight is 422 g/mol. The molecule has 1 heterocycles. The van der Waals surface area contributed by atoms with Gasteiger partial charge in [0.1, 0.15) is 22.8 Å². The second kappa shape index (κ2) is 9.34. The van der Waals surface area contributed by atoms with E-state index in [4.69, 9.17) is 19.3 Å². The summed E-state index contributed by atoms with van der Waals surface area (Å²) in [5.74, 6) is 1.30. The van der Waals surface area contributed by atoms with Crippen LogP contribution in [0, 0.1) is 0 Å². The van der Waals surface area contributed by atoms with Gasteiger partial charge < -0.3 is 14.2 Å². The maximum Gasteiger partial charge on any atom is 0.428 e. The molecule has 0 bridgehead atoms. The first-order valence-electron chi connectivity index (χ1n) is 9.70. The lowest BCUT2D eigenvalue weighted by Gasteiger charge is -2.18. The second-order valence-corrected chi connectivity index (χ2v) is 7.65. The van der Waals surface area contributed by atoms with E-state index in [1.54, 1.807) is 39.7 Å². The van der Waals surface area contributed by atoms with Gasteiger partial charge >= 0.3 is 6.09 Å². The van der Waals surface area contributed by atoms with E-state index in [1.165, 1.54) is 6.21 Å². The molecule has 0 saturated carbocycles. The van der Waals surface area contributed by atoms with E-state index in [0.29, 0.717) is 22.8 Å². The zero-order valence-corrected chi connectivity index (χ0v) is 18.2. The molecule has 2 aromatic carbocycles. The first-order chi connectivity index (χ1) is 14.8. The van der Waals surface area contributed by atoms with Gasteiger partial charge in [0.25, 0.3) is 0 Å². The molecule has 0 spiro atoms. The third-order valence-electron chi connectivity index (χ3n) is 4.18. The Balaban J connectivity index is 2.01. The van der Waals surface area contributed by atoms with E-state index >= 15 is 0 Å². The highest BCUT2D eigenvalue weighted by Crippen LogP contribution is 2.34. The van der Waals surface area contributed by atoms with Gasteiger partial charge in [-0.15, -0.1) is 0 Å². The van der Waals surface area contributed by atoms with E-state index in [9.17, 15) is 4.79 Å². The third kappa shape index (κ3) is 5.63. The highest BCUT2D eigenvalue weighted by molar-refractivity contribution is 5.90. The minimum absolute atomic E-state index is 0.614. The molecule has 0 saturated heterocycles. The van der Waals surface area contributed by atoms with Crippen molar-refractivity contribution in [3.05, 3.63) is 60.3 Å². The molecular formula is C23H26N4O4. The van der Waals surface area contributed by atoms with E-state index in [-0.39, 0.29) is 0 Å². The quantitative estimate of drug-likeness (QED) is 0.470. The van der Waals surface area contributed by atoms with Crippen LogP contribution in [0.1, 0.15) is 26.3 Å². The Labute approximate surface area is 181 Å². The number of rotatable bonds is 6. The Bertz CT molecular complexity index is 1070. The molecule has 1 aromatic heterocycles. The van der Waals surface area contributed by atoms with Gasteiger partial charge in [-0.1, -0.05) is 18.2 Å². The average Bonchev–Trinajstić information content (AvgIpc) is 3.16. The molecule has 162 valence electrons. The van der Waals surface area contributed by atoms with Crippen LogP contribution in [0.2, 0.25) is 0 Å². The van der Waals surface area contributed by atoms with Crippen molar-refractivity contribution >= 4 is 12.3 Å². The van der Waals surface area contributed by atoms with Crippen molar-refractivity contribution in [1.82, 2.24) is 15.2 Å². The molecule has 8 nitrogen and oxygen atoms in total. The first kappa shape index (κ1) is 21.9. The van der Waals surface area contributed by atoms with E-state index in [1.807, 2.05) is 54.7 Å². The molecule has 0 radical (unpaired) electrons. The second-order valence-electron chi connectivity index (χ2n) is 7.65. The van der Waals surface area contributed by atoms with Crippen molar-refractivity contribution in [2.45, 2.75) is 26.4 Å². The van der Waals surface area contributed by atoms with Crippen LogP contribution in [0.4, 0.5) is 4.79 Å². The molecule has 1 amide bonds. The van der Waals surface area contributed by atoms with Crippen LogP contribution in [0.3, 0.4) is 0 Å². The number of ether oxygens (including phenoxy) is 3. The predicted molar refractivity (Wildman–Crippen MR) is 119 cm³/mol. The molecular weight excluding hydrogens is 396 g/mol. The van der Waals surface area contributed by atoms with Crippen molar-refractivity contribution < 1.29 is 19.0 Å². The Morgan fingerprint density at radius 2 is 1.84 bits per heavy atom. The summed E-state index contributed by atoms with van der Waals surface area (Å²) in [4.78, 5) is 11.9. The molecule has 0 aliphatic rings. The van der Waals surface area contributed by atoms with Crippen molar-refractivity contribution in [2.24, 2.45) is 5.10 Å². The number of amides is 1. The zero-order valence-electron chi connectivity index (χ0n) is 18.2. The number of para-hydroxylation sites is 1. The Morgan fingerprint density at radius 1 is 1.10 bits per heavy atom. The summed E-state index contributed by atoms with van der Waals surface area (Å²) in [6.07, 6.45) is 2.70. The third-order valence-corrected chi connectivity index (χ3v) is 4.18. The summed E-state index contributed by atoms with van der Waals surface area (Å²) in [5.41, 5.74) is 4.67. The monoisotopic (exact) mass is 422 g/mol. The Hall–Kier alpha value is -3.81. The van der Waals surface area contributed by atoms with Gasteiger partial charge in [0.2, 0.25) is 0 Å². The summed E-state index contributed by atoms with van der Waals surface area (Å²) >= 11 is 0. The minimum atomic E-state index is -0.639. The highest BCUT2D eigenvalue weighted by Gasteiger charge is 2.18. The van der Waals surface area contributed by atoms with Gasteiger partial charge in [-0.25, -0.2) is 14.9 Å². The topological polar surface area (TPSA) is 87.0 Å². The number of carbonyl (C=O) groups excluding carboxylic acids is 1. The Kier molecular flexibility index (Phi) is 6.59. The van der Waals surface area contributed by atoms with Crippen LogP contribution in [-0.2, 0) is 4.74 Å². The summed E-state index contributed by atoms with van der Waals surface area (Å²) in [6, 6.07) is 15.2. The number of benzene rings is 2. The van der Waals surface area contributed by atoms with E-state index < -0.39 is 11.7 Å². The van der Waals surface area contributed by atoms with Gasteiger partial charge in [0.15, 0.2) is 0 Å². The van der Waals surface area contributed by atoms with E-state index in [0.717, 1.165) is 11.3 Å². The lowest BCUT2D eigenvalue weighted by Crippen LogP contribution is -2.29. The van der Waals surface area contributed by atoms with Gasteiger partial charge in [0, 0.05) is 17.3 Å². The van der Waals surface area contributed by atoms with Gasteiger partial charge in [-0.05, 0) is 51.1 Å². The fourth-order valence-corrected chi connectivity index (χ4v) is 2.86. The number of nitrogens with zero attached hydrogens (tertiary/aromatic N) is 3. The summed E-state index contributed by atoms with van der Waals surface area (Å²) in [5, 5.41) is 8.78. The Morgan fingerprint density at radius 3 is 2.48 bits per heavy atom. The molecule has 0 fully saturated rings. The fraction of sp³-hybridized carbons (Fsp3) is 0.261. The summed E-state index contributed by atoms with van der Waals surface area (Å²) in [6.45, 7) is 5.36. The van der Waals surface area contributed by atoms with Crippen LogP contribution in [0.5, 0.6) is 11.5 Å². The molecule has 0 aliphatic carbocycles. The molecule has 3 aromatic rings. The summed E-state index contributed by atoms with van der Waals surface area (Å²) < 4.78 is 17.8. The molecule has 0 aliphatic heterocycles. The van der Waals surface area contributed by atoms with Crippen LogP contribution in [-0.4, -0.2) is 41.9 Å². The molecule has 8 heteroatoms. The van der Waals surface area contributed by atoms with Gasteiger partial charge in [0.05, 0.1) is 26.1 Å². The number of nitrogens with one attached hydrogen (secondary N) is 1. The van der Waals surface area contributed by atoms with Gasteiger partial charge in [-0.3, -0.25) is 0 Å². The predicted octanol–water partition coefficient (Wildman–Crippen LogP) is 4.42. The molecule has 0 unspecified atom stereocenters. The van der Waals surface area contributed by atoms with Crippen molar-refractivity contribution in [3.8, 4) is 28.4 Å². The minimum Gasteiger partial charge on any atom is -0.497 e. The van der Waals surface area contributed by atoms with Crippen LogP contribution < -0.4 is 14.9 Å². The van der Waals surface area contributed by atoms with Crippen molar-refractivity contribution in [3.63, 3.8) is 0 Å². The summed E-state index contributed by atoms with van der Waals surface area (Å²) in [7, 11) is 3.19. The number of hydrogen-bond donors (Lipinski definition) is 1. The standard InChI is InChI=1S/C23H26N4O4/c1-23(2,3)31-22(28)25-24-14-16-15-27(17-9-7-6-8-10-17)26-21(16)19-13-18(29-4)11-12-20(19)30-5/h6-15H,1-5H3,(H,25,28)/b24-14-. The smallest absolute Gasteiger partial charge is 0.428 e. The fourth-order valence-electron chi connectivity index (χ4n) is 2.86. The molecule has 3 rings (SSSR count). The van der Waals surface area contributed by atoms with Crippen molar-refractivity contribution in [2.75, 3.05) is 14.2 Å². The van der Waals surface area contributed by atoms with Crippen LogP contribution in [0.25, 0.3) is 16.9 Å². The van der Waals surface area contributed by atoms with Gasteiger partial charge in [-0.2, -0.15) is 10.2 Å². The molecule has 31 heavy (non-hydrogen) atoms. The number of carbonyl (C=O) groups is 1. The number of aromatic nitrogens is 2.